The van der Waals surface area contributed by atoms with Crippen LogP contribution in [-0.4, -0.2) is 52.9 Å². The van der Waals surface area contributed by atoms with Crippen molar-refractivity contribution in [1.29, 1.82) is 0 Å². The fraction of sp³-hybridized carbons (Fsp3) is 0.480. The van der Waals surface area contributed by atoms with E-state index in [1.165, 1.54) is 4.88 Å². The molecule has 7 nitrogen and oxygen atoms in total. The van der Waals surface area contributed by atoms with E-state index in [2.05, 4.69) is 11.4 Å². The minimum absolute atomic E-state index is 0.0948. The Hall–Kier alpha value is -2.87. The second kappa shape index (κ2) is 9.95. The van der Waals surface area contributed by atoms with Crippen LogP contribution in [-0.2, 0) is 22.6 Å². The molecule has 1 saturated carbocycles. The lowest BCUT2D eigenvalue weighted by atomic mass is 9.82. The van der Waals surface area contributed by atoms with Crippen molar-refractivity contribution in [2.45, 2.75) is 63.6 Å². The fourth-order valence-electron chi connectivity index (χ4n) is 4.79. The van der Waals surface area contributed by atoms with E-state index in [9.17, 15) is 14.4 Å². The molecule has 1 aliphatic heterocycles. The molecule has 1 aromatic heterocycles. The second-order valence-corrected chi connectivity index (χ2v) is 10.00. The molecular formula is C25H31N3O4S. The van der Waals surface area contributed by atoms with Gasteiger partial charge in [-0.05, 0) is 48.9 Å². The highest BCUT2D eigenvalue weighted by molar-refractivity contribution is 7.09. The zero-order chi connectivity index (χ0) is 23.4. The molecule has 1 atom stereocenters. The van der Waals surface area contributed by atoms with Gasteiger partial charge in [0.15, 0.2) is 0 Å². The predicted molar refractivity (Wildman–Crippen MR) is 127 cm³/mol. The molecule has 2 heterocycles. The van der Waals surface area contributed by atoms with E-state index in [0.29, 0.717) is 25.8 Å². The summed E-state index contributed by atoms with van der Waals surface area (Å²) in [5.74, 6) is 0.266. The first kappa shape index (κ1) is 23.3. The molecule has 2 aromatic rings. The summed E-state index contributed by atoms with van der Waals surface area (Å²) in [5, 5.41) is 4.92. The van der Waals surface area contributed by atoms with Crippen LogP contribution in [0.3, 0.4) is 0 Å². The van der Waals surface area contributed by atoms with Crippen molar-refractivity contribution in [2.75, 3.05) is 13.7 Å². The van der Waals surface area contributed by atoms with Crippen LogP contribution < -0.4 is 10.1 Å². The number of methoxy groups -OCH3 is 1. The number of amides is 4. The molecule has 2 fully saturated rings. The molecule has 0 radical (unpaired) electrons. The molecule has 1 aromatic carbocycles. The lowest BCUT2D eigenvalue weighted by Gasteiger charge is -2.32. The average Bonchev–Trinajstić information content (AvgIpc) is 3.40. The Labute approximate surface area is 198 Å². The average molecular weight is 470 g/mol. The summed E-state index contributed by atoms with van der Waals surface area (Å²) in [5.41, 5.74) is 0.141. The number of nitrogens with one attached hydrogen (secondary N) is 1. The van der Waals surface area contributed by atoms with Crippen molar-refractivity contribution in [2.24, 2.45) is 0 Å². The lowest BCUT2D eigenvalue weighted by Crippen LogP contribution is -2.49. The van der Waals surface area contributed by atoms with Gasteiger partial charge in [-0.2, -0.15) is 0 Å². The van der Waals surface area contributed by atoms with Crippen molar-refractivity contribution in [3.8, 4) is 5.75 Å². The SMILES string of the molecule is COc1ccc(CN(C(=O)CN2C(=O)NC3(CCCCC3)C2=O)[C@@H](C)Cc2cccs2)cc1. The molecule has 4 rings (SSSR count). The van der Waals surface area contributed by atoms with Gasteiger partial charge in [0, 0.05) is 23.9 Å². The van der Waals surface area contributed by atoms with E-state index in [1.54, 1.807) is 23.3 Å². The molecule has 4 amide bonds. The van der Waals surface area contributed by atoms with Crippen molar-refractivity contribution in [3.05, 3.63) is 52.2 Å². The molecule has 1 aliphatic carbocycles. The Morgan fingerprint density at radius 3 is 2.55 bits per heavy atom. The number of carbonyl (C=O) groups is 3. The van der Waals surface area contributed by atoms with Crippen LogP contribution in [0.15, 0.2) is 41.8 Å². The number of carbonyl (C=O) groups excluding carboxylic acids is 3. The minimum atomic E-state index is -0.820. The zero-order valence-corrected chi connectivity index (χ0v) is 20.0. The van der Waals surface area contributed by atoms with Crippen LogP contribution in [0.1, 0.15) is 49.5 Å². The minimum Gasteiger partial charge on any atom is -0.497 e. The third-order valence-corrected chi connectivity index (χ3v) is 7.59. The van der Waals surface area contributed by atoms with E-state index < -0.39 is 11.6 Å². The molecule has 0 bridgehead atoms. The fourth-order valence-corrected chi connectivity index (χ4v) is 5.61. The van der Waals surface area contributed by atoms with Crippen LogP contribution >= 0.6 is 11.3 Å². The van der Waals surface area contributed by atoms with E-state index in [-0.39, 0.29) is 24.4 Å². The monoisotopic (exact) mass is 469 g/mol. The van der Waals surface area contributed by atoms with Crippen molar-refractivity contribution in [3.63, 3.8) is 0 Å². The smallest absolute Gasteiger partial charge is 0.325 e. The lowest BCUT2D eigenvalue weighted by molar-refractivity contribution is -0.141. The Morgan fingerprint density at radius 1 is 1.18 bits per heavy atom. The summed E-state index contributed by atoms with van der Waals surface area (Å²) in [6.07, 6.45) is 4.90. The second-order valence-electron chi connectivity index (χ2n) is 8.97. The molecule has 1 saturated heterocycles. The predicted octanol–water partition coefficient (Wildman–Crippen LogP) is 3.97. The van der Waals surface area contributed by atoms with Crippen molar-refractivity contribution >= 4 is 29.2 Å². The molecule has 1 spiro atoms. The number of nitrogens with zero attached hydrogens (tertiary/aromatic N) is 2. The standard InChI is InChI=1S/C25H31N3O4S/c1-18(15-21-7-6-14-33-21)27(16-19-8-10-20(32-2)11-9-19)22(29)17-28-23(30)25(26-24(28)31)12-4-3-5-13-25/h6-11,14,18H,3-5,12-13,15-17H2,1-2H3,(H,26,31)/t18-/m0/s1. The van der Waals surface area contributed by atoms with Gasteiger partial charge in [-0.15, -0.1) is 11.3 Å². The maximum Gasteiger partial charge on any atom is 0.325 e. The van der Waals surface area contributed by atoms with Crippen LogP contribution in [0.25, 0.3) is 0 Å². The largest absolute Gasteiger partial charge is 0.497 e. The van der Waals surface area contributed by atoms with Crippen LogP contribution in [0, 0.1) is 0 Å². The van der Waals surface area contributed by atoms with Crippen LogP contribution in [0.4, 0.5) is 4.79 Å². The number of urea groups is 1. The zero-order valence-electron chi connectivity index (χ0n) is 19.2. The molecule has 1 N–H and O–H groups in total. The van der Waals surface area contributed by atoms with E-state index in [4.69, 9.17) is 4.74 Å². The summed E-state index contributed by atoms with van der Waals surface area (Å²) in [7, 11) is 1.62. The Kier molecular flexibility index (Phi) is 7.02. The van der Waals surface area contributed by atoms with Gasteiger partial charge < -0.3 is 15.0 Å². The number of hydrogen-bond acceptors (Lipinski definition) is 5. The highest BCUT2D eigenvalue weighted by Crippen LogP contribution is 2.33. The van der Waals surface area contributed by atoms with Gasteiger partial charge in [-0.25, -0.2) is 4.79 Å². The highest BCUT2D eigenvalue weighted by Gasteiger charge is 2.51. The maximum absolute atomic E-state index is 13.5. The van der Waals surface area contributed by atoms with Gasteiger partial charge >= 0.3 is 6.03 Å². The summed E-state index contributed by atoms with van der Waals surface area (Å²) < 4.78 is 5.24. The molecular weight excluding hydrogens is 438 g/mol. The van der Waals surface area contributed by atoms with Gasteiger partial charge in [0.2, 0.25) is 5.91 Å². The third-order valence-electron chi connectivity index (χ3n) is 6.69. The quantitative estimate of drug-likeness (QED) is 0.594. The number of imide groups is 1. The van der Waals surface area contributed by atoms with Gasteiger partial charge in [0.05, 0.1) is 7.11 Å². The summed E-state index contributed by atoms with van der Waals surface area (Å²) in [4.78, 5) is 43.4. The molecule has 176 valence electrons. The summed E-state index contributed by atoms with van der Waals surface area (Å²) >= 11 is 1.66. The summed E-state index contributed by atoms with van der Waals surface area (Å²) in [6.45, 7) is 2.16. The molecule has 0 unspecified atom stereocenters. The van der Waals surface area contributed by atoms with Gasteiger partial charge in [-0.3, -0.25) is 14.5 Å². The third kappa shape index (κ3) is 5.05. The molecule has 8 heteroatoms. The number of benzene rings is 1. The Balaban J connectivity index is 1.51. The van der Waals surface area contributed by atoms with Crippen molar-refractivity contribution in [1.82, 2.24) is 15.1 Å². The Bertz CT molecular complexity index is 984. The number of ether oxygens (including phenoxy) is 1. The molecule has 2 aliphatic rings. The van der Waals surface area contributed by atoms with Gasteiger partial charge in [0.25, 0.3) is 5.91 Å². The number of rotatable bonds is 8. The normalized spacial score (nSPS) is 18.3. The molecule has 33 heavy (non-hydrogen) atoms. The topological polar surface area (TPSA) is 79.0 Å². The first-order chi connectivity index (χ1) is 15.9. The highest BCUT2D eigenvalue weighted by atomic mass is 32.1. The summed E-state index contributed by atoms with van der Waals surface area (Å²) in [6, 6.07) is 11.1. The maximum atomic E-state index is 13.5. The van der Waals surface area contributed by atoms with E-state index in [0.717, 1.165) is 35.5 Å². The van der Waals surface area contributed by atoms with Crippen molar-refractivity contribution < 1.29 is 19.1 Å². The number of hydrogen-bond donors (Lipinski definition) is 1. The van der Waals surface area contributed by atoms with Gasteiger partial charge in [-0.1, -0.05) is 37.5 Å². The first-order valence-electron chi connectivity index (χ1n) is 11.5. The first-order valence-corrected chi connectivity index (χ1v) is 12.4. The van der Waals surface area contributed by atoms with E-state index >= 15 is 0 Å². The Morgan fingerprint density at radius 2 is 1.91 bits per heavy atom. The number of thiophene rings is 1. The van der Waals surface area contributed by atoms with Gasteiger partial charge in [0.1, 0.15) is 17.8 Å². The van der Waals surface area contributed by atoms with Crippen LogP contribution in [0.2, 0.25) is 0 Å². The van der Waals surface area contributed by atoms with Crippen LogP contribution in [0.5, 0.6) is 5.75 Å². The van der Waals surface area contributed by atoms with E-state index in [1.807, 2.05) is 42.6 Å².